The molecule has 0 aromatic heterocycles. The minimum absolute atomic E-state index is 0.484. The fourth-order valence-corrected chi connectivity index (χ4v) is 2.70. The van der Waals surface area contributed by atoms with E-state index in [1.807, 2.05) is 12.1 Å². The van der Waals surface area contributed by atoms with Crippen LogP contribution in [0, 0.1) is 11.8 Å². The van der Waals surface area contributed by atoms with Crippen LogP contribution >= 0.6 is 12.2 Å². The lowest BCUT2D eigenvalue weighted by atomic mass is 9.88. The van der Waals surface area contributed by atoms with E-state index in [1.54, 1.807) is 0 Å². The van der Waals surface area contributed by atoms with E-state index in [0.29, 0.717) is 4.99 Å². The minimum atomic E-state index is 0.484. The van der Waals surface area contributed by atoms with E-state index in [1.165, 1.54) is 25.1 Å². The van der Waals surface area contributed by atoms with Crippen LogP contribution < -0.4 is 5.73 Å². The second-order valence-electron chi connectivity index (χ2n) is 5.54. The number of piperidine rings is 1. The van der Waals surface area contributed by atoms with Gasteiger partial charge in [0.25, 0.3) is 0 Å². The molecule has 1 aromatic rings. The van der Waals surface area contributed by atoms with Crippen molar-refractivity contribution in [2.45, 2.75) is 26.8 Å². The summed E-state index contributed by atoms with van der Waals surface area (Å²) in [5, 5.41) is 0. The highest BCUT2D eigenvalue weighted by Crippen LogP contribution is 2.23. The highest BCUT2D eigenvalue weighted by Gasteiger charge is 2.22. The Kier molecular flexibility index (Phi) is 4.36. The largest absolute Gasteiger partial charge is 0.389 e. The number of rotatable bonds is 3. The van der Waals surface area contributed by atoms with Gasteiger partial charge in [-0.05, 0) is 36.4 Å². The van der Waals surface area contributed by atoms with Crippen LogP contribution in [0.5, 0.6) is 0 Å². The third-order valence-electron chi connectivity index (χ3n) is 4.04. The summed E-state index contributed by atoms with van der Waals surface area (Å²) in [5.41, 5.74) is 7.95. The van der Waals surface area contributed by atoms with Crippen LogP contribution in [0.15, 0.2) is 24.3 Å². The van der Waals surface area contributed by atoms with Crippen molar-refractivity contribution in [1.82, 2.24) is 4.90 Å². The summed E-state index contributed by atoms with van der Waals surface area (Å²) in [6, 6.07) is 8.29. The lowest BCUT2D eigenvalue weighted by Crippen LogP contribution is -2.37. The van der Waals surface area contributed by atoms with Gasteiger partial charge in [-0.3, -0.25) is 4.90 Å². The predicted molar refractivity (Wildman–Crippen MR) is 80.6 cm³/mol. The quantitative estimate of drug-likeness (QED) is 0.849. The number of nitrogens with zero attached hydrogens (tertiary/aromatic N) is 1. The van der Waals surface area contributed by atoms with Crippen molar-refractivity contribution in [2.24, 2.45) is 17.6 Å². The molecule has 0 saturated carbocycles. The van der Waals surface area contributed by atoms with Crippen molar-refractivity contribution in [1.29, 1.82) is 0 Å². The van der Waals surface area contributed by atoms with Gasteiger partial charge in [0, 0.05) is 18.7 Å². The van der Waals surface area contributed by atoms with Crippen molar-refractivity contribution >= 4 is 17.2 Å². The molecule has 1 fully saturated rings. The van der Waals surface area contributed by atoms with Crippen LogP contribution in [0.25, 0.3) is 0 Å². The molecular formula is C15H22N2S. The zero-order valence-electron chi connectivity index (χ0n) is 11.2. The van der Waals surface area contributed by atoms with Gasteiger partial charge in [-0.1, -0.05) is 44.3 Å². The molecule has 1 saturated heterocycles. The van der Waals surface area contributed by atoms with Gasteiger partial charge in [0.15, 0.2) is 0 Å². The summed E-state index contributed by atoms with van der Waals surface area (Å²) in [4.78, 5) is 3.01. The van der Waals surface area contributed by atoms with E-state index < -0.39 is 0 Å². The number of nitrogens with two attached hydrogens (primary N) is 1. The molecule has 2 N–H and O–H groups in total. The van der Waals surface area contributed by atoms with Crippen LogP contribution in [-0.2, 0) is 6.54 Å². The van der Waals surface area contributed by atoms with Gasteiger partial charge in [-0.15, -0.1) is 0 Å². The Morgan fingerprint density at radius 2 is 2.17 bits per heavy atom. The van der Waals surface area contributed by atoms with Crippen molar-refractivity contribution in [3.63, 3.8) is 0 Å². The van der Waals surface area contributed by atoms with E-state index in [2.05, 4.69) is 30.9 Å². The van der Waals surface area contributed by atoms with Crippen LogP contribution in [0.2, 0.25) is 0 Å². The maximum atomic E-state index is 5.67. The highest BCUT2D eigenvalue weighted by molar-refractivity contribution is 7.80. The number of likely N-dealkylation sites (tertiary alicyclic amines) is 1. The summed E-state index contributed by atoms with van der Waals surface area (Å²) >= 11 is 5.02. The normalized spacial score (nSPS) is 25.0. The molecule has 0 amide bonds. The molecule has 2 rings (SSSR count). The Balaban J connectivity index is 2.01. The molecule has 98 valence electrons. The van der Waals surface area contributed by atoms with E-state index in [9.17, 15) is 0 Å². The van der Waals surface area contributed by atoms with Gasteiger partial charge >= 0.3 is 0 Å². The molecule has 1 aliphatic heterocycles. The fraction of sp³-hybridized carbons (Fsp3) is 0.533. The first-order valence-electron chi connectivity index (χ1n) is 6.67. The third kappa shape index (κ3) is 3.30. The molecule has 0 radical (unpaired) electrons. The molecule has 2 nitrogen and oxygen atoms in total. The number of thiocarbonyl (C=S) groups is 1. The molecule has 0 aliphatic carbocycles. The Bertz CT molecular complexity index is 430. The van der Waals surface area contributed by atoms with Crippen LogP contribution in [0.4, 0.5) is 0 Å². The Morgan fingerprint density at radius 3 is 2.83 bits per heavy atom. The van der Waals surface area contributed by atoms with Crippen LogP contribution in [0.3, 0.4) is 0 Å². The molecule has 1 aromatic carbocycles. The summed E-state index contributed by atoms with van der Waals surface area (Å²) < 4.78 is 0. The molecule has 0 spiro atoms. The summed E-state index contributed by atoms with van der Waals surface area (Å²) in [6.45, 7) is 8.10. The van der Waals surface area contributed by atoms with Gasteiger partial charge < -0.3 is 5.73 Å². The topological polar surface area (TPSA) is 29.3 Å². The van der Waals surface area contributed by atoms with Crippen LogP contribution in [0.1, 0.15) is 31.4 Å². The Labute approximate surface area is 115 Å². The van der Waals surface area contributed by atoms with E-state index in [0.717, 1.165) is 23.9 Å². The van der Waals surface area contributed by atoms with E-state index >= 15 is 0 Å². The molecule has 1 aliphatic rings. The average Bonchev–Trinajstić information content (AvgIpc) is 2.34. The first-order valence-corrected chi connectivity index (χ1v) is 7.08. The van der Waals surface area contributed by atoms with Crippen molar-refractivity contribution < 1.29 is 0 Å². The van der Waals surface area contributed by atoms with Gasteiger partial charge in [0.1, 0.15) is 4.99 Å². The smallest absolute Gasteiger partial charge is 0.103 e. The maximum Gasteiger partial charge on any atom is 0.103 e. The first-order chi connectivity index (χ1) is 8.56. The first kappa shape index (κ1) is 13.5. The molecule has 2 atom stereocenters. The SMILES string of the molecule is CC1CCN(Cc2cccc(C(N)=S)c2)CC1C. The van der Waals surface area contributed by atoms with Gasteiger partial charge in [-0.2, -0.15) is 0 Å². The van der Waals surface area contributed by atoms with E-state index in [4.69, 9.17) is 18.0 Å². The minimum Gasteiger partial charge on any atom is -0.389 e. The molecule has 0 bridgehead atoms. The third-order valence-corrected chi connectivity index (χ3v) is 4.27. The second-order valence-corrected chi connectivity index (χ2v) is 5.98. The lowest BCUT2D eigenvalue weighted by Gasteiger charge is -2.35. The predicted octanol–water partition coefficient (Wildman–Crippen LogP) is 2.80. The molecule has 3 heteroatoms. The van der Waals surface area contributed by atoms with Gasteiger partial charge in [0.2, 0.25) is 0 Å². The zero-order valence-corrected chi connectivity index (χ0v) is 12.0. The standard InChI is InChI=1S/C15H22N2S/c1-11-6-7-17(9-12(11)2)10-13-4-3-5-14(8-13)15(16)18/h3-5,8,11-12H,6-7,9-10H2,1-2H3,(H2,16,18). The molecule has 1 heterocycles. The van der Waals surface area contributed by atoms with Crippen molar-refractivity contribution in [3.8, 4) is 0 Å². The molecule has 18 heavy (non-hydrogen) atoms. The lowest BCUT2D eigenvalue weighted by molar-refractivity contribution is 0.132. The Morgan fingerprint density at radius 1 is 1.39 bits per heavy atom. The fourth-order valence-electron chi connectivity index (χ4n) is 2.57. The van der Waals surface area contributed by atoms with Gasteiger partial charge in [-0.25, -0.2) is 0 Å². The van der Waals surface area contributed by atoms with Gasteiger partial charge in [0.05, 0.1) is 0 Å². The van der Waals surface area contributed by atoms with E-state index in [-0.39, 0.29) is 0 Å². The highest BCUT2D eigenvalue weighted by atomic mass is 32.1. The van der Waals surface area contributed by atoms with Crippen molar-refractivity contribution in [2.75, 3.05) is 13.1 Å². The summed E-state index contributed by atoms with van der Waals surface area (Å²) in [6.07, 6.45) is 1.30. The average molecular weight is 262 g/mol. The molecular weight excluding hydrogens is 240 g/mol. The number of hydrogen-bond donors (Lipinski definition) is 1. The van der Waals surface area contributed by atoms with Crippen molar-refractivity contribution in [3.05, 3.63) is 35.4 Å². The Hall–Kier alpha value is -0.930. The summed E-state index contributed by atoms with van der Waals surface area (Å²) in [5.74, 6) is 1.64. The number of hydrogen-bond acceptors (Lipinski definition) is 2. The zero-order chi connectivity index (χ0) is 13.1. The maximum absolute atomic E-state index is 5.67. The molecule has 2 unspecified atom stereocenters. The monoisotopic (exact) mass is 262 g/mol. The number of benzene rings is 1. The summed E-state index contributed by atoms with van der Waals surface area (Å²) in [7, 11) is 0. The second kappa shape index (κ2) is 5.81. The van der Waals surface area contributed by atoms with Crippen LogP contribution in [-0.4, -0.2) is 23.0 Å².